The van der Waals surface area contributed by atoms with Crippen molar-refractivity contribution in [3.05, 3.63) is 36.6 Å². The van der Waals surface area contributed by atoms with E-state index in [0.717, 1.165) is 17.8 Å². The SMILES string of the molecule is C=C/C(CC)=C(\C=C)OCC. The first-order chi connectivity index (χ1) is 5.29. The van der Waals surface area contributed by atoms with Crippen molar-refractivity contribution in [1.29, 1.82) is 0 Å². The van der Waals surface area contributed by atoms with Crippen LogP contribution in [0, 0.1) is 0 Å². The fourth-order valence-electron chi connectivity index (χ4n) is 0.857. The molecule has 0 heterocycles. The Morgan fingerprint density at radius 1 is 1.27 bits per heavy atom. The lowest BCUT2D eigenvalue weighted by atomic mass is 10.1. The van der Waals surface area contributed by atoms with Crippen LogP contribution in [0.5, 0.6) is 0 Å². The predicted molar refractivity (Wildman–Crippen MR) is 49.3 cm³/mol. The van der Waals surface area contributed by atoms with Crippen LogP contribution in [0.2, 0.25) is 0 Å². The quantitative estimate of drug-likeness (QED) is 0.434. The van der Waals surface area contributed by atoms with Gasteiger partial charge in [0.2, 0.25) is 0 Å². The average molecular weight is 152 g/mol. The van der Waals surface area contributed by atoms with Gasteiger partial charge in [0.25, 0.3) is 0 Å². The lowest BCUT2D eigenvalue weighted by Crippen LogP contribution is -1.92. The zero-order valence-corrected chi connectivity index (χ0v) is 7.39. The van der Waals surface area contributed by atoms with E-state index >= 15 is 0 Å². The molecule has 0 aliphatic carbocycles. The summed E-state index contributed by atoms with van der Waals surface area (Å²) >= 11 is 0. The minimum absolute atomic E-state index is 0.679. The smallest absolute Gasteiger partial charge is 0.121 e. The van der Waals surface area contributed by atoms with Crippen LogP contribution in [0.1, 0.15) is 20.3 Å². The van der Waals surface area contributed by atoms with Crippen LogP contribution in [-0.2, 0) is 4.74 Å². The van der Waals surface area contributed by atoms with Crippen molar-refractivity contribution in [2.45, 2.75) is 20.3 Å². The van der Waals surface area contributed by atoms with E-state index in [9.17, 15) is 0 Å². The zero-order valence-electron chi connectivity index (χ0n) is 7.39. The maximum absolute atomic E-state index is 5.33. The van der Waals surface area contributed by atoms with Gasteiger partial charge in [-0.25, -0.2) is 0 Å². The fraction of sp³-hybridized carbons (Fsp3) is 0.400. The summed E-state index contributed by atoms with van der Waals surface area (Å²) in [6, 6.07) is 0. The molecule has 0 unspecified atom stereocenters. The molecule has 0 atom stereocenters. The molecule has 0 rings (SSSR count). The average Bonchev–Trinajstić information content (AvgIpc) is 2.05. The molecule has 0 spiro atoms. The molecule has 0 radical (unpaired) electrons. The molecule has 0 aliphatic rings. The molecule has 1 nitrogen and oxygen atoms in total. The second kappa shape index (κ2) is 5.78. The molecule has 0 aliphatic heterocycles. The summed E-state index contributed by atoms with van der Waals surface area (Å²) in [7, 11) is 0. The molecule has 0 N–H and O–H groups in total. The highest BCUT2D eigenvalue weighted by atomic mass is 16.5. The van der Waals surface area contributed by atoms with Gasteiger partial charge in [0.15, 0.2) is 0 Å². The molecule has 0 amide bonds. The van der Waals surface area contributed by atoms with Gasteiger partial charge in [-0.1, -0.05) is 26.2 Å². The molecule has 0 bridgehead atoms. The Morgan fingerprint density at radius 2 is 1.91 bits per heavy atom. The summed E-state index contributed by atoms with van der Waals surface area (Å²) < 4.78 is 5.33. The minimum Gasteiger partial charge on any atom is -0.494 e. The van der Waals surface area contributed by atoms with Gasteiger partial charge in [-0.05, 0) is 25.0 Å². The molecule has 62 valence electrons. The lowest BCUT2D eigenvalue weighted by Gasteiger charge is -2.06. The van der Waals surface area contributed by atoms with Crippen molar-refractivity contribution in [2.24, 2.45) is 0 Å². The van der Waals surface area contributed by atoms with E-state index in [1.807, 2.05) is 13.0 Å². The van der Waals surface area contributed by atoms with E-state index in [2.05, 4.69) is 20.1 Å². The highest BCUT2D eigenvalue weighted by Gasteiger charge is 1.96. The molecule has 11 heavy (non-hydrogen) atoms. The highest BCUT2D eigenvalue weighted by molar-refractivity contribution is 5.26. The van der Waals surface area contributed by atoms with Gasteiger partial charge in [0.05, 0.1) is 6.61 Å². The molecule has 0 aromatic rings. The maximum atomic E-state index is 5.33. The monoisotopic (exact) mass is 152 g/mol. The fourth-order valence-corrected chi connectivity index (χ4v) is 0.857. The Labute approximate surface area is 69.1 Å². The van der Waals surface area contributed by atoms with Gasteiger partial charge in [-0.15, -0.1) is 0 Å². The number of hydrogen-bond donors (Lipinski definition) is 0. The van der Waals surface area contributed by atoms with E-state index < -0.39 is 0 Å². The predicted octanol–water partition coefficient (Wildman–Crippen LogP) is 3.06. The van der Waals surface area contributed by atoms with Crippen molar-refractivity contribution in [1.82, 2.24) is 0 Å². The summed E-state index contributed by atoms with van der Waals surface area (Å²) in [5.74, 6) is 0.852. The maximum Gasteiger partial charge on any atom is 0.121 e. The number of rotatable bonds is 5. The molecule has 1 heteroatoms. The first-order valence-corrected chi connectivity index (χ1v) is 3.90. The lowest BCUT2D eigenvalue weighted by molar-refractivity contribution is 0.239. The van der Waals surface area contributed by atoms with Crippen LogP contribution in [-0.4, -0.2) is 6.61 Å². The van der Waals surface area contributed by atoms with Gasteiger partial charge < -0.3 is 4.74 Å². The molecule has 0 fully saturated rings. The van der Waals surface area contributed by atoms with E-state index in [-0.39, 0.29) is 0 Å². The summed E-state index contributed by atoms with van der Waals surface area (Å²) in [6.07, 6.45) is 4.47. The van der Waals surface area contributed by atoms with Crippen LogP contribution in [0.4, 0.5) is 0 Å². The van der Waals surface area contributed by atoms with Crippen LogP contribution in [0.3, 0.4) is 0 Å². The molecular formula is C10H16O. The normalized spacial score (nSPS) is 11.8. The largest absolute Gasteiger partial charge is 0.494 e. The first kappa shape index (κ1) is 10.0. The van der Waals surface area contributed by atoms with Gasteiger partial charge in [0.1, 0.15) is 5.76 Å². The van der Waals surface area contributed by atoms with E-state index in [0.29, 0.717) is 6.61 Å². The van der Waals surface area contributed by atoms with Crippen LogP contribution in [0.25, 0.3) is 0 Å². The van der Waals surface area contributed by atoms with Gasteiger partial charge in [-0.3, -0.25) is 0 Å². The molecule has 0 saturated carbocycles. The third-order valence-corrected chi connectivity index (χ3v) is 1.43. The molecule has 0 aromatic carbocycles. The third-order valence-electron chi connectivity index (χ3n) is 1.43. The highest BCUT2D eigenvalue weighted by Crippen LogP contribution is 2.11. The van der Waals surface area contributed by atoms with Crippen molar-refractivity contribution in [3.63, 3.8) is 0 Å². The summed E-state index contributed by atoms with van der Waals surface area (Å²) in [5, 5.41) is 0. The van der Waals surface area contributed by atoms with Crippen LogP contribution >= 0.6 is 0 Å². The summed E-state index contributed by atoms with van der Waals surface area (Å²) in [4.78, 5) is 0. The Morgan fingerprint density at radius 3 is 2.18 bits per heavy atom. The number of hydrogen-bond acceptors (Lipinski definition) is 1. The van der Waals surface area contributed by atoms with Gasteiger partial charge in [-0.2, -0.15) is 0 Å². The van der Waals surface area contributed by atoms with Crippen molar-refractivity contribution < 1.29 is 4.74 Å². The van der Waals surface area contributed by atoms with Crippen molar-refractivity contribution in [3.8, 4) is 0 Å². The van der Waals surface area contributed by atoms with Crippen molar-refractivity contribution in [2.75, 3.05) is 6.61 Å². The standard InChI is InChI=1S/C10H16O/c1-5-9(6-2)10(7-3)11-8-4/h5,7H,1,3,6,8H2,2,4H3/b10-9-. The summed E-state index contributed by atoms with van der Waals surface area (Å²) in [5.41, 5.74) is 1.11. The zero-order chi connectivity index (χ0) is 8.69. The molecule has 0 aromatic heterocycles. The van der Waals surface area contributed by atoms with Crippen LogP contribution in [0.15, 0.2) is 36.6 Å². The Balaban J connectivity index is 4.46. The summed E-state index contributed by atoms with van der Waals surface area (Å²) in [6.45, 7) is 12.1. The van der Waals surface area contributed by atoms with E-state index in [1.165, 1.54) is 0 Å². The van der Waals surface area contributed by atoms with Gasteiger partial charge in [0, 0.05) is 0 Å². The van der Waals surface area contributed by atoms with Crippen LogP contribution < -0.4 is 0 Å². The van der Waals surface area contributed by atoms with Crippen molar-refractivity contribution >= 4 is 0 Å². The minimum atomic E-state index is 0.679. The molecule has 0 saturated heterocycles. The Hall–Kier alpha value is -0.980. The number of ether oxygens (including phenoxy) is 1. The Kier molecular flexibility index (Phi) is 5.26. The second-order valence-electron chi connectivity index (χ2n) is 2.08. The molecular weight excluding hydrogens is 136 g/mol. The van der Waals surface area contributed by atoms with E-state index in [1.54, 1.807) is 6.08 Å². The third kappa shape index (κ3) is 3.08. The second-order valence-corrected chi connectivity index (χ2v) is 2.08. The first-order valence-electron chi connectivity index (χ1n) is 3.90. The Bertz CT molecular complexity index is 166. The van der Waals surface area contributed by atoms with Gasteiger partial charge >= 0.3 is 0 Å². The topological polar surface area (TPSA) is 9.23 Å². The van der Waals surface area contributed by atoms with E-state index in [4.69, 9.17) is 4.74 Å². The number of allylic oxidation sites excluding steroid dienone is 3.